The van der Waals surface area contributed by atoms with Crippen molar-refractivity contribution in [2.45, 2.75) is 25.9 Å². The number of likely N-dealkylation sites (tertiary alicyclic amines) is 1. The summed E-state index contributed by atoms with van der Waals surface area (Å²) in [6.45, 7) is 4.99. The predicted molar refractivity (Wildman–Crippen MR) is 135 cm³/mol. The molecule has 2 amide bonds. The van der Waals surface area contributed by atoms with E-state index in [4.69, 9.17) is 16.3 Å². The standard InChI is InChI=1S/C28H29ClN2O4/c1-18-14-22(8-9-25(18)29)35-17-21(32)16-30-12-10-19(11-13-30)15-31-27(33)23-6-2-4-20-5-3-7-24(26(20)23)28(31)34/h2-9,14,19,21,32H,10-13,15-17H2,1H3/p+1/t21-/m0/s1. The van der Waals surface area contributed by atoms with E-state index in [1.54, 1.807) is 6.07 Å². The van der Waals surface area contributed by atoms with Crippen LogP contribution in [0.2, 0.25) is 5.02 Å². The van der Waals surface area contributed by atoms with Gasteiger partial charge in [0.05, 0.1) is 13.1 Å². The molecule has 1 fully saturated rings. The number of hydrogen-bond acceptors (Lipinski definition) is 4. The summed E-state index contributed by atoms with van der Waals surface area (Å²) in [6.07, 6.45) is 1.24. The molecule has 0 saturated carbocycles. The zero-order chi connectivity index (χ0) is 24.5. The van der Waals surface area contributed by atoms with Gasteiger partial charge in [0.2, 0.25) is 0 Å². The number of nitrogens with one attached hydrogen (secondary N) is 1. The molecule has 3 aromatic rings. The van der Waals surface area contributed by atoms with Gasteiger partial charge in [-0.15, -0.1) is 0 Å². The summed E-state index contributed by atoms with van der Waals surface area (Å²) < 4.78 is 5.74. The number of aliphatic hydroxyl groups is 1. The van der Waals surface area contributed by atoms with E-state index in [9.17, 15) is 14.7 Å². The summed E-state index contributed by atoms with van der Waals surface area (Å²) in [5.41, 5.74) is 2.16. The summed E-state index contributed by atoms with van der Waals surface area (Å²) in [7, 11) is 0. The molecule has 2 N–H and O–H groups in total. The molecule has 3 aromatic carbocycles. The second-order valence-electron chi connectivity index (χ2n) is 9.70. The Bertz CT molecular complexity index is 1220. The molecule has 35 heavy (non-hydrogen) atoms. The van der Waals surface area contributed by atoms with Crippen LogP contribution in [0.15, 0.2) is 54.6 Å². The number of hydrogen-bond donors (Lipinski definition) is 2. The second-order valence-corrected chi connectivity index (χ2v) is 10.1. The fourth-order valence-corrected chi connectivity index (χ4v) is 5.39. The van der Waals surface area contributed by atoms with Crippen molar-refractivity contribution in [2.75, 3.05) is 32.8 Å². The first kappa shape index (κ1) is 23.8. The number of halogens is 1. The summed E-state index contributed by atoms with van der Waals surface area (Å²) in [6, 6.07) is 16.7. The van der Waals surface area contributed by atoms with Crippen molar-refractivity contribution >= 4 is 34.2 Å². The van der Waals surface area contributed by atoms with Crippen LogP contribution >= 0.6 is 11.6 Å². The monoisotopic (exact) mass is 493 g/mol. The lowest BCUT2D eigenvalue weighted by molar-refractivity contribution is -0.909. The molecule has 5 rings (SSSR count). The van der Waals surface area contributed by atoms with Gasteiger partial charge in [0.1, 0.15) is 25.0 Å². The minimum absolute atomic E-state index is 0.195. The summed E-state index contributed by atoms with van der Waals surface area (Å²) in [5, 5.41) is 12.9. The number of aryl methyl sites for hydroxylation is 1. The van der Waals surface area contributed by atoms with Crippen LogP contribution in [0.3, 0.4) is 0 Å². The molecule has 1 atom stereocenters. The van der Waals surface area contributed by atoms with Crippen molar-refractivity contribution in [1.82, 2.24) is 4.90 Å². The van der Waals surface area contributed by atoms with E-state index >= 15 is 0 Å². The molecule has 7 heteroatoms. The van der Waals surface area contributed by atoms with Crippen LogP contribution in [0.4, 0.5) is 0 Å². The third-order valence-electron chi connectivity index (χ3n) is 7.20. The molecule has 0 unspecified atom stereocenters. The predicted octanol–water partition coefficient (Wildman–Crippen LogP) is 3.13. The fraction of sp³-hybridized carbons (Fsp3) is 0.357. The molecule has 6 nitrogen and oxygen atoms in total. The van der Waals surface area contributed by atoms with Crippen molar-refractivity contribution in [3.05, 3.63) is 76.3 Å². The van der Waals surface area contributed by atoms with E-state index < -0.39 is 6.10 Å². The average Bonchev–Trinajstić information content (AvgIpc) is 2.86. The van der Waals surface area contributed by atoms with Gasteiger partial charge in [-0.25, -0.2) is 0 Å². The van der Waals surface area contributed by atoms with Crippen molar-refractivity contribution in [1.29, 1.82) is 0 Å². The third-order valence-corrected chi connectivity index (χ3v) is 7.63. The number of carbonyl (C=O) groups excluding carboxylic acids is 2. The van der Waals surface area contributed by atoms with Gasteiger partial charge < -0.3 is 14.7 Å². The summed E-state index contributed by atoms with van der Waals surface area (Å²) >= 11 is 6.05. The normalized spacial score (nSPS) is 20.8. The Morgan fingerprint density at radius 1 is 1.06 bits per heavy atom. The molecule has 2 aliphatic rings. The van der Waals surface area contributed by atoms with Crippen LogP contribution in [0.25, 0.3) is 10.8 Å². The van der Waals surface area contributed by atoms with Crippen molar-refractivity contribution in [3.8, 4) is 5.75 Å². The highest BCUT2D eigenvalue weighted by Gasteiger charge is 2.35. The van der Waals surface area contributed by atoms with E-state index in [1.807, 2.05) is 55.5 Å². The topological polar surface area (TPSA) is 71.3 Å². The first-order chi connectivity index (χ1) is 16.9. The molecule has 0 aromatic heterocycles. The number of amides is 2. The number of carbonyl (C=O) groups is 2. The molecule has 0 aliphatic carbocycles. The number of imide groups is 1. The maximum atomic E-state index is 13.2. The molecule has 0 spiro atoms. The molecule has 2 heterocycles. The van der Waals surface area contributed by atoms with Crippen molar-refractivity contribution in [3.63, 3.8) is 0 Å². The van der Waals surface area contributed by atoms with Gasteiger partial charge in [0, 0.05) is 40.9 Å². The van der Waals surface area contributed by atoms with E-state index in [0.29, 0.717) is 35.0 Å². The third kappa shape index (κ3) is 4.92. The Labute approximate surface area is 210 Å². The zero-order valence-corrected chi connectivity index (χ0v) is 20.6. The molecule has 0 radical (unpaired) electrons. The Balaban J connectivity index is 1.14. The summed E-state index contributed by atoms with van der Waals surface area (Å²) in [5.74, 6) is 0.576. The molecule has 2 aliphatic heterocycles. The van der Waals surface area contributed by atoms with E-state index in [0.717, 1.165) is 42.3 Å². The first-order valence-electron chi connectivity index (χ1n) is 12.2. The van der Waals surface area contributed by atoms with Gasteiger partial charge in [-0.05, 0) is 54.1 Å². The zero-order valence-electron chi connectivity index (χ0n) is 19.8. The number of nitrogens with zero attached hydrogens (tertiary/aromatic N) is 1. The van der Waals surface area contributed by atoms with Crippen LogP contribution in [0.5, 0.6) is 5.75 Å². The van der Waals surface area contributed by atoms with Gasteiger partial charge in [0.15, 0.2) is 0 Å². The lowest BCUT2D eigenvalue weighted by Crippen LogP contribution is -3.14. The number of aliphatic hydroxyl groups excluding tert-OH is 1. The maximum Gasteiger partial charge on any atom is 0.261 e. The smallest absolute Gasteiger partial charge is 0.261 e. The minimum Gasteiger partial charge on any atom is -0.491 e. The van der Waals surface area contributed by atoms with Gasteiger partial charge in [-0.3, -0.25) is 14.5 Å². The van der Waals surface area contributed by atoms with Crippen LogP contribution in [0.1, 0.15) is 39.1 Å². The SMILES string of the molecule is Cc1cc(OC[C@@H](O)C[NH+]2CCC(CN3C(=O)c4cccc5cccc(c45)C3=O)CC2)ccc1Cl. The quantitative estimate of drug-likeness (QED) is 0.496. The van der Waals surface area contributed by atoms with E-state index in [-0.39, 0.29) is 24.3 Å². The highest BCUT2D eigenvalue weighted by atomic mass is 35.5. The number of quaternary nitrogens is 1. The highest BCUT2D eigenvalue weighted by Crippen LogP contribution is 2.31. The van der Waals surface area contributed by atoms with Crippen LogP contribution in [-0.2, 0) is 0 Å². The maximum absolute atomic E-state index is 13.2. The molecule has 182 valence electrons. The Morgan fingerprint density at radius 3 is 2.34 bits per heavy atom. The lowest BCUT2D eigenvalue weighted by Gasteiger charge is -2.34. The highest BCUT2D eigenvalue weighted by molar-refractivity contribution is 6.31. The van der Waals surface area contributed by atoms with Crippen LogP contribution in [-0.4, -0.2) is 60.7 Å². The van der Waals surface area contributed by atoms with E-state index in [2.05, 4.69) is 0 Å². The van der Waals surface area contributed by atoms with Crippen molar-refractivity contribution < 1.29 is 24.3 Å². The minimum atomic E-state index is -0.570. The Hall–Kier alpha value is -2.93. The molecule has 1 saturated heterocycles. The number of piperidine rings is 1. The molecular formula is C28H30ClN2O4+. The first-order valence-corrected chi connectivity index (χ1v) is 12.6. The molecular weight excluding hydrogens is 464 g/mol. The van der Waals surface area contributed by atoms with Crippen molar-refractivity contribution in [2.24, 2.45) is 5.92 Å². The fourth-order valence-electron chi connectivity index (χ4n) is 5.27. The number of benzene rings is 3. The Morgan fingerprint density at radius 2 is 1.71 bits per heavy atom. The number of rotatable bonds is 7. The number of ether oxygens (including phenoxy) is 1. The van der Waals surface area contributed by atoms with Gasteiger partial charge in [-0.2, -0.15) is 0 Å². The second kappa shape index (κ2) is 9.97. The van der Waals surface area contributed by atoms with E-state index in [1.165, 1.54) is 9.80 Å². The van der Waals surface area contributed by atoms with Gasteiger partial charge in [-0.1, -0.05) is 35.9 Å². The Kier molecular flexibility index (Phi) is 6.78. The van der Waals surface area contributed by atoms with Gasteiger partial charge in [0.25, 0.3) is 11.8 Å². The summed E-state index contributed by atoms with van der Waals surface area (Å²) in [4.78, 5) is 29.1. The molecule has 0 bridgehead atoms. The van der Waals surface area contributed by atoms with Gasteiger partial charge >= 0.3 is 0 Å². The lowest BCUT2D eigenvalue weighted by atomic mass is 9.91. The largest absolute Gasteiger partial charge is 0.491 e. The van der Waals surface area contributed by atoms with Crippen LogP contribution < -0.4 is 9.64 Å². The average molecular weight is 494 g/mol. The van der Waals surface area contributed by atoms with Crippen LogP contribution in [0, 0.1) is 12.8 Å².